The summed E-state index contributed by atoms with van der Waals surface area (Å²) in [6, 6.07) is 14.6. The van der Waals surface area contributed by atoms with Crippen LogP contribution in [0.25, 0.3) is 11.6 Å². The Morgan fingerprint density at radius 1 is 1.23 bits per heavy atom. The fourth-order valence-corrected chi connectivity index (χ4v) is 4.34. The van der Waals surface area contributed by atoms with Crippen LogP contribution in [0.4, 0.5) is 5.69 Å². The summed E-state index contributed by atoms with van der Waals surface area (Å²) >= 11 is 1.12. The van der Waals surface area contributed by atoms with Crippen molar-refractivity contribution >= 4 is 34.6 Å². The standard InChI is InChI=1S/C23H19N3O4S/c1-3-26-22(28)20(11-15-6-9-18-19(10-15)30-13-29-18)31-23(26)17(12-24)21(27)25-16-7-4-14(2)5-8-16/h4-11H,3,13H2,1-2H3,(H,25,27). The number of rotatable bonds is 4. The molecule has 1 N–H and O–H groups in total. The van der Waals surface area contributed by atoms with E-state index in [0.717, 1.165) is 22.5 Å². The summed E-state index contributed by atoms with van der Waals surface area (Å²) in [6.45, 7) is 4.25. The van der Waals surface area contributed by atoms with Gasteiger partial charge in [-0.3, -0.25) is 14.2 Å². The Balaban J connectivity index is 1.79. The first-order chi connectivity index (χ1) is 15.0. The van der Waals surface area contributed by atoms with Gasteiger partial charge in [0, 0.05) is 12.2 Å². The predicted octanol–water partition coefficient (Wildman–Crippen LogP) is 2.11. The highest BCUT2D eigenvalue weighted by Crippen LogP contribution is 2.32. The summed E-state index contributed by atoms with van der Waals surface area (Å²) in [4.78, 5) is 25.7. The molecule has 8 heteroatoms. The summed E-state index contributed by atoms with van der Waals surface area (Å²) < 4.78 is 12.9. The van der Waals surface area contributed by atoms with Gasteiger partial charge in [0.25, 0.3) is 11.5 Å². The Bertz CT molecular complexity index is 1380. The third-order valence-electron chi connectivity index (χ3n) is 4.78. The Labute approximate surface area is 182 Å². The second-order valence-corrected chi connectivity index (χ2v) is 7.92. The summed E-state index contributed by atoms with van der Waals surface area (Å²) in [5.74, 6) is 0.718. The highest BCUT2D eigenvalue weighted by molar-refractivity contribution is 7.07. The van der Waals surface area contributed by atoms with Crippen LogP contribution >= 0.6 is 11.3 Å². The number of thiazole rings is 1. The van der Waals surface area contributed by atoms with Crippen LogP contribution in [0, 0.1) is 18.3 Å². The minimum Gasteiger partial charge on any atom is -0.454 e. The fraction of sp³-hybridized carbons (Fsp3) is 0.174. The zero-order valence-electron chi connectivity index (χ0n) is 17.0. The van der Waals surface area contributed by atoms with Crippen LogP contribution in [0.1, 0.15) is 18.1 Å². The van der Waals surface area contributed by atoms with Crippen molar-refractivity contribution in [2.24, 2.45) is 0 Å². The van der Waals surface area contributed by atoms with Gasteiger partial charge in [0.2, 0.25) is 6.79 Å². The molecule has 0 aliphatic carbocycles. The number of ether oxygens (including phenoxy) is 2. The molecular formula is C23H19N3O4S. The molecule has 2 heterocycles. The number of anilines is 1. The monoisotopic (exact) mass is 433 g/mol. The first-order valence-electron chi connectivity index (χ1n) is 9.63. The van der Waals surface area contributed by atoms with Crippen LogP contribution in [0.15, 0.2) is 47.3 Å². The van der Waals surface area contributed by atoms with Gasteiger partial charge in [-0.2, -0.15) is 5.26 Å². The van der Waals surface area contributed by atoms with E-state index in [-0.39, 0.29) is 17.9 Å². The first kappa shape index (κ1) is 20.4. The summed E-state index contributed by atoms with van der Waals surface area (Å²) in [6.07, 6.45) is 1.72. The van der Waals surface area contributed by atoms with Crippen LogP contribution in [0.3, 0.4) is 0 Å². The maximum absolute atomic E-state index is 12.9. The van der Waals surface area contributed by atoms with Crippen LogP contribution in [0.2, 0.25) is 0 Å². The van der Waals surface area contributed by atoms with Crippen molar-refractivity contribution in [3.63, 3.8) is 0 Å². The number of amides is 1. The van der Waals surface area contributed by atoms with Gasteiger partial charge in [-0.25, -0.2) is 0 Å². The maximum Gasteiger partial charge on any atom is 0.269 e. The van der Waals surface area contributed by atoms with Gasteiger partial charge in [0.05, 0.1) is 4.53 Å². The number of nitrogens with one attached hydrogen (secondary N) is 1. The average molecular weight is 433 g/mol. The molecule has 0 bridgehead atoms. The number of hydrogen-bond donors (Lipinski definition) is 1. The van der Waals surface area contributed by atoms with Crippen LogP contribution in [-0.2, 0) is 11.3 Å². The topological polar surface area (TPSA) is 93.3 Å². The Kier molecular flexibility index (Phi) is 5.60. The molecule has 0 radical (unpaired) electrons. The zero-order valence-corrected chi connectivity index (χ0v) is 17.8. The molecule has 0 atom stereocenters. The lowest BCUT2D eigenvalue weighted by molar-refractivity contribution is -0.111. The van der Waals surface area contributed by atoms with Crippen molar-refractivity contribution in [3.8, 4) is 17.6 Å². The van der Waals surface area contributed by atoms with Gasteiger partial charge in [0.1, 0.15) is 10.7 Å². The van der Waals surface area contributed by atoms with Gasteiger partial charge >= 0.3 is 0 Å². The van der Waals surface area contributed by atoms with E-state index in [1.54, 1.807) is 37.3 Å². The first-order valence-corrected chi connectivity index (χ1v) is 10.4. The van der Waals surface area contributed by atoms with E-state index in [1.165, 1.54) is 4.57 Å². The molecule has 2 aromatic carbocycles. The van der Waals surface area contributed by atoms with Crippen molar-refractivity contribution < 1.29 is 14.3 Å². The second-order valence-electron chi connectivity index (χ2n) is 6.88. The van der Waals surface area contributed by atoms with Crippen LogP contribution in [-0.4, -0.2) is 17.3 Å². The van der Waals surface area contributed by atoms with Crippen LogP contribution in [0.5, 0.6) is 11.5 Å². The third-order valence-corrected chi connectivity index (χ3v) is 5.91. The minimum absolute atomic E-state index is 0.102. The predicted molar refractivity (Wildman–Crippen MR) is 118 cm³/mol. The number of hydrogen-bond acceptors (Lipinski definition) is 6. The molecule has 3 aromatic rings. The third kappa shape index (κ3) is 4.09. The SMILES string of the molecule is CCn1c(=C(C#N)C(=O)Nc2ccc(C)cc2)sc(=Cc2ccc3c(c2)OCO3)c1=O. The number of aryl methyl sites for hydroxylation is 1. The number of carbonyl (C=O) groups excluding carboxylic acids is 1. The highest BCUT2D eigenvalue weighted by Gasteiger charge is 2.16. The Morgan fingerprint density at radius 3 is 2.68 bits per heavy atom. The van der Waals surface area contributed by atoms with Crippen molar-refractivity contribution in [1.29, 1.82) is 5.26 Å². The average Bonchev–Trinajstić information content (AvgIpc) is 3.34. The second kappa shape index (κ2) is 8.50. The van der Waals surface area contributed by atoms with E-state index in [9.17, 15) is 14.9 Å². The molecular weight excluding hydrogens is 414 g/mol. The number of aromatic nitrogens is 1. The molecule has 31 heavy (non-hydrogen) atoms. The molecule has 1 aromatic heterocycles. The number of carbonyl (C=O) groups is 1. The van der Waals surface area contributed by atoms with E-state index < -0.39 is 5.91 Å². The van der Waals surface area contributed by atoms with Gasteiger partial charge in [0.15, 0.2) is 17.1 Å². The minimum atomic E-state index is -0.551. The lowest BCUT2D eigenvalue weighted by Crippen LogP contribution is -2.33. The largest absolute Gasteiger partial charge is 0.454 e. The normalized spacial score (nSPS) is 13.6. The molecule has 0 unspecified atom stereocenters. The number of nitrogens with zero attached hydrogens (tertiary/aromatic N) is 2. The molecule has 4 rings (SSSR count). The van der Waals surface area contributed by atoms with Gasteiger partial charge in [-0.05, 0) is 49.8 Å². The molecule has 1 aliphatic rings. The van der Waals surface area contributed by atoms with Gasteiger partial charge < -0.3 is 14.8 Å². The Hall–Kier alpha value is -3.83. The molecule has 7 nitrogen and oxygen atoms in total. The molecule has 0 fully saturated rings. The van der Waals surface area contributed by atoms with Crippen molar-refractivity contribution in [2.45, 2.75) is 20.4 Å². The van der Waals surface area contributed by atoms with E-state index in [2.05, 4.69) is 5.32 Å². The fourth-order valence-electron chi connectivity index (χ4n) is 3.17. The van der Waals surface area contributed by atoms with E-state index >= 15 is 0 Å². The highest BCUT2D eigenvalue weighted by atomic mass is 32.1. The van der Waals surface area contributed by atoms with Gasteiger partial charge in [-0.15, -0.1) is 11.3 Å². The zero-order chi connectivity index (χ0) is 22.0. The van der Waals surface area contributed by atoms with Crippen LogP contribution < -0.4 is 29.5 Å². The lowest BCUT2D eigenvalue weighted by Gasteiger charge is -2.04. The number of fused-ring (bicyclic) bond motifs is 1. The van der Waals surface area contributed by atoms with Crippen molar-refractivity contribution in [2.75, 3.05) is 12.1 Å². The summed E-state index contributed by atoms with van der Waals surface area (Å²) in [5.41, 5.74) is 2.05. The molecule has 1 aliphatic heterocycles. The van der Waals surface area contributed by atoms with Crippen molar-refractivity contribution in [1.82, 2.24) is 4.57 Å². The molecule has 0 saturated heterocycles. The smallest absolute Gasteiger partial charge is 0.269 e. The summed E-state index contributed by atoms with van der Waals surface area (Å²) in [5, 5.41) is 12.4. The van der Waals surface area contributed by atoms with Gasteiger partial charge in [-0.1, -0.05) is 23.8 Å². The maximum atomic E-state index is 12.9. The van der Waals surface area contributed by atoms with E-state index in [1.807, 2.05) is 31.2 Å². The van der Waals surface area contributed by atoms with Crippen molar-refractivity contribution in [3.05, 3.63) is 73.1 Å². The number of benzene rings is 2. The molecule has 156 valence electrons. The van der Waals surface area contributed by atoms with E-state index in [4.69, 9.17) is 9.47 Å². The molecule has 1 amide bonds. The molecule has 0 saturated carbocycles. The van der Waals surface area contributed by atoms with E-state index in [0.29, 0.717) is 32.9 Å². The number of nitriles is 1. The molecule has 0 spiro atoms. The lowest BCUT2D eigenvalue weighted by atomic mass is 10.2. The Morgan fingerprint density at radius 2 is 1.97 bits per heavy atom. The quantitative estimate of drug-likeness (QED) is 0.680. The summed E-state index contributed by atoms with van der Waals surface area (Å²) in [7, 11) is 0.